The lowest BCUT2D eigenvalue weighted by molar-refractivity contribution is -0.274. The summed E-state index contributed by atoms with van der Waals surface area (Å²) in [6.07, 6.45) is -5.72. The summed E-state index contributed by atoms with van der Waals surface area (Å²) >= 11 is 0. The van der Waals surface area contributed by atoms with Crippen LogP contribution in [0.5, 0.6) is 11.5 Å². The first-order valence-corrected chi connectivity index (χ1v) is 4.07. The molecule has 84 valence electrons. The van der Waals surface area contributed by atoms with Crippen molar-refractivity contribution in [1.29, 1.82) is 0 Å². The first-order chi connectivity index (χ1) is 6.87. The molecule has 0 spiro atoms. The SMILES string of the molecule is CC(O)Oc1ccc(OC(F)(F)F)cc1. The zero-order chi connectivity index (χ0) is 11.5. The molecule has 0 saturated heterocycles. The largest absolute Gasteiger partial charge is 0.573 e. The van der Waals surface area contributed by atoms with Crippen LogP contribution in [-0.4, -0.2) is 17.8 Å². The van der Waals surface area contributed by atoms with Gasteiger partial charge in [-0.05, 0) is 31.2 Å². The van der Waals surface area contributed by atoms with Gasteiger partial charge < -0.3 is 14.6 Å². The van der Waals surface area contributed by atoms with E-state index in [4.69, 9.17) is 9.84 Å². The van der Waals surface area contributed by atoms with E-state index in [1.807, 2.05) is 0 Å². The Bertz CT molecular complexity index is 305. The fourth-order valence-electron chi connectivity index (χ4n) is 0.917. The quantitative estimate of drug-likeness (QED) is 0.797. The second-order valence-electron chi connectivity index (χ2n) is 2.74. The fraction of sp³-hybridized carbons (Fsp3) is 0.333. The maximum Gasteiger partial charge on any atom is 0.573 e. The van der Waals surface area contributed by atoms with Crippen molar-refractivity contribution in [2.75, 3.05) is 0 Å². The third kappa shape index (κ3) is 4.55. The maximum absolute atomic E-state index is 11.8. The van der Waals surface area contributed by atoms with Crippen molar-refractivity contribution in [3.8, 4) is 11.5 Å². The number of ether oxygens (including phenoxy) is 2. The Morgan fingerprint density at radius 3 is 2.00 bits per heavy atom. The lowest BCUT2D eigenvalue weighted by atomic mass is 10.3. The molecule has 1 N–H and O–H groups in total. The van der Waals surface area contributed by atoms with Gasteiger partial charge in [0.1, 0.15) is 11.5 Å². The predicted molar refractivity (Wildman–Crippen MR) is 45.4 cm³/mol. The lowest BCUT2D eigenvalue weighted by Crippen LogP contribution is -2.17. The molecule has 0 aromatic heterocycles. The van der Waals surface area contributed by atoms with Crippen molar-refractivity contribution in [3.05, 3.63) is 24.3 Å². The molecule has 0 aliphatic carbocycles. The van der Waals surface area contributed by atoms with E-state index in [2.05, 4.69) is 4.74 Å². The van der Waals surface area contributed by atoms with Gasteiger partial charge >= 0.3 is 6.36 Å². The molecule has 0 heterocycles. The third-order valence-corrected chi connectivity index (χ3v) is 1.36. The van der Waals surface area contributed by atoms with Crippen LogP contribution in [0.2, 0.25) is 0 Å². The van der Waals surface area contributed by atoms with E-state index >= 15 is 0 Å². The molecular formula is C9H9F3O3. The van der Waals surface area contributed by atoms with E-state index in [0.29, 0.717) is 0 Å². The average molecular weight is 222 g/mol. The molecule has 0 fully saturated rings. The van der Waals surface area contributed by atoms with E-state index in [-0.39, 0.29) is 11.5 Å². The fourth-order valence-corrected chi connectivity index (χ4v) is 0.917. The Morgan fingerprint density at radius 1 is 1.13 bits per heavy atom. The standard InChI is InChI=1S/C9H9F3O3/c1-6(13)14-7-2-4-8(5-3-7)15-9(10,11)12/h2-6,13H,1H3. The molecule has 1 unspecified atom stereocenters. The first-order valence-electron chi connectivity index (χ1n) is 4.07. The van der Waals surface area contributed by atoms with Crippen LogP contribution in [0.25, 0.3) is 0 Å². The summed E-state index contributed by atoms with van der Waals surface area (Å²) in [5.41, 5.74) is 0. The van der Waals surface area contributed by atoms with Gasteiger partial charge in [-0.15, -0.1) is 13.2 Å². The molecule has 6 heteroatoms. The second-order valence-corrected chi connectivity index (χ2v) is 2.74. The second kappa shape index (κ2) is 4.39. The van der Waals surface area contributed by atoms with Gasteiger partial charge in [-0.2, -0.15) is 0 Å². The van der Waals surface area contributed by atoms with Crippen molar-refractivity contribution >= 4 is 0 Å². The van der Waals surface area contributed by atoms with Crippen LogP contribution in [0, 0.1) is 0 Å². The van der Waals surface area contributed by atoms with Gasteiger partial charge in [-0.25, -0.2) is 0 Å². The maximum atomic E-state index is 11.8. The number of rotatable bonds is 3. The van der Waals surface area contributed by atoms with Crippen LogP contribution in [-0.2, 0) is 0 Å². The molecule has 0 radical (unpaired) electrons. The molecule has 0 bridgehead atoms. The van der Waals surface area contributed by atoms with Gasteiger partial charge in [0.05, 0.1) is 0 Å². The Hall–Kier alpha value is -1.43. The Morgan fingerprint density at radius 2 is 1.60 bits per heavy atom. The van der Waals surface area contributed by atoms with Gasteiger partial charge in [0, 0.05) is 0 Å². The highest BCUT2D eigenvalue weighted by Crippen LogP contribution is 2.24. The van der Waals surface area contributed by atoms with Gasteiger partial charge in [0.25, 0.3) is 0 Å². The number of aliphatic hydroxyl groups excluding tert-OH is 1. The monoisotopic (exact) mass is 222 g/mol. The molecule has 1 atom stereocenters. The van der Waals surface area contributed by atoms with Crippen LogP contribution < -0.4 is 9.47 Å². The topological polar surface area (TPSA) is 38.7 Å². The molecular weight excluding hydrogens is 213 g/mol. The van der Waals surface area contributed by atoms with Gasteiger partial charge in [-0.3, -0.25) is 0 Å². The van der Waals surface area contributed by atoms with Gasteiger partial charge in [0.2, 0.25) is 0 Å². The highest BCUT2D eigenvalue weighted by Gasteiger charge is 2.30. The minimum absolute atomic E-state index is 0.263. The van der Waals surface area contributed by atoms with Gasteiger partial charge in [0.15, 0.2) is 6.29 Å². The minimum Gasteiger partial charge on any atom is -0.465 e. The number of halogens is 3. The molecule has 3 nitrogen and oxygen atoms in total. The van der Waals surface area contributed by atoms with Crippen molar-refractivity contribution in [1.82, 2.24) is 0 Å². The minimum atomic E-state index is -4.70. The number of hydrogen-bond donors (Lipinski definition) is 1. The molecule has 1 rings (SSSR count). The van der Waals surface area contributed by atoms with E-state index in [0.717, 1.165) is 12.1 Å². The Kier molecular flexibility index (Phi) is 3.41. The molecule has 0 aliphatic heterocycles. The summed E-state index contributed by atoms with van der Waals surface area (Å²) in [5.74, 6) is -0.0695. The van der Waals surface area contributed by atoms with Crippen molar-refractivity contribution in [3.63, 3.8) is 0 Å². The van der Waals surface area contributed by atoms with Gasteiger partial charge in [-0.1, -0.05) is 0 Å². The molecule has 0 amide bonds. The summed E-state index contributed by atoms with van der Waals surface area (Å²) in [4.78, 5) is 0. The summed E-state index contributed by atoms with van der Waals surface area (Å²) in [6.45, 7) is 1.39. The highest BCUT2D eigenvalue weighted by atomic mass is 19.4. The zero-order valence-corrected chi connectivity index (χ0v) is 7.78. The molecule has 15 heavy (non-hydrogen) atoms. The average Bonchev–Trinajstić information content (AvgIpc) is 2.05. The van der Waals surface area contributed by atoms with Crippen molar-refractivity contribution in [2.24, 2.45) is 0 Å². The zero-order valence-electron chi connectivity index (χ0n) is 7.78. The van der Waals surface area contributed by atoms with Crippen LogP contribution >= 0.6 is 0 Å². The van der Waals surface area contributed by atoms with Crippen molar-refractivity contribution in [2.45, 2.75) is 19.6 Å². The summed E-state index contributed by atoms with van der Waals surface area (Å²) in [6, 6.07) is 4.75. The number of hydrogen-bond acceptors (Lipinski definition) is 3. The summed E-state index contributed by atoms with van der Waals surface area (Å²) in [5, 5.41) is 8.83. The van der Waals surface area contributed by atoms with Crippen LogP contribution in [0.3, 0.4) is 0 Å². The van der Waals surface area contributed by atoms with Crippen molar-refractivity contribution < 1.29 is 27.8 Å². The first kappa shape index (κ1) is 11.6. The smallest absolute Gasteiger partial charge is 0.465 e. The molecule has 1 aromatic carbocycles. The lowest BCUT2D eigenvalue weighted by Gasteiger charge is -2.11. The van der Waals surface area contributed by atoms with Crippen LogP contribution in [0.4, 0.5) is 13.2 Å². The van der Waals surface area contributed by atoms with E-state index in [1.54, 1.807) is 0 Å². The third-order valence-electron chi connectivity index (χ3n) is 1.36. The van der Waals surface area contributed by atoms with E-state index in [9.17, 15) is 13.2 Å². The van der Waals surface area contributed by atoms with E-state index < -0.39 is 12.7 Å². The van der Waals surface area contributed by atoms with Crippen LogP contribution in [0.15, 0.2) is 24.3 Å². The summed E-state index contributed by atoms with van der Waals surface area (Å²) < 4.78 is 43.7. The summed E-state index contributed by atoms with van der Waals surface area (Å²) in [7, 11) is 0. The molecule has 1 aromatic rings. The number of aliphatic hydroxyl groups is 1. The predicted octanol–water partition coefficient (Wildman–Crippen LogP) is 2.30. The molecule has 0 aliphatic rings. The highest BCUT2D eigenvalue weighted by molar-refractivity contribution is 5.31. The number of alkyl halides is 3. The Balaban J connectivity index is 2.64. The molecule has 0 saturated carbocycles. The Labute approximate surface area is 84.0 Å². The normalized spacial score (nSPS) is 13.4. The number of benzene rings is 1. The van der Waals surface area contributed by atoms with E-state index in [1.165, 1.54) is 19.1 Å². The van der Waals surface area contributed by atoms with Crippen LogP contribution in [0.1, 0.15) is 6.92 Å².